The molecule has 8 heteroatoms. The molecule has 1 amide bonds. The normalized spacial score (nSPS) is 24.4. The number of sulfonamides is 1. The largest absolute Gasteiger partial charge is 0.373 e. The highest BCUT2D eigenvalue weighted by molar-refractivity contribution is 7.89. The fraction of sp³-hybridized carbons (Fsp3) is 0.650. The maximum Gasteiger partial charge on any atom is 0.251 e. The van der Waals surface area contributed by atoms with Crippen LogP contribution in [-0.4, -0.2) is 75.0 Å². The van der Waals surface area contributed by atoms with E-state index in [2.05, 4.69) is 10.2 Å². The summed E-state index contributed by atoms with van der Waals surface area (Å²) in [6, 6.07) is 6.19. The Morgan fingerprint density at radius 2 is 1.71 bits per heavy atom. The van der Waals surface area contributed by atoms with Crippen molar-refractivity contribution in [3.05, 3.63) is 29.8 Å². The number of likely N-dealkylation sites (tertiary alicyclic amines) is 1. The van der Waals surface area contributed by atoms with Gasteiger partial charge in [0.05, 0.1) is 17.1 Å². The average molecular weight is 410 g/mol. The van der Waals surface area contributed by atoms with Crippen molar-refractivity contribution >= 4 is 15.9 Å². The summed E-state index contributed by atoms with van der Waals surface area (Å²) in [4.78, 5) is 14.9. The predicted octanol–water partition coefficient (Wildman–Crippen LogP) is 1.70. The molecule has 3 rings (SSSR count). The summed E-state index contributed by atoms with van der Waals surface area (Å²) in [5, 5.41) is 2.91. The minimum Gasteiger partial charge on any atom is -0.373 e. The molecular weight excluding hydrogens is 378 g/mol. The lowest BCUT2D eigenvalue weighted by atomic mass is 10.2. The fourth-order valence-electron chi connectivity index (χ4n) is 3.87. The van der Waals surface area contributed by atoms with Crippen molar-refractivity contribution in [2.45, 2.75) is 50.2 Å². The van der Waals surface area contributed by atoms with Crippen LogP contribution in [0.1, 0.15) is 43.5 Å². The molecule has 0 aromatic heterocycles. The number of rotatable bonds is 7. The number of ether oxygens (including phenoxy) is 1. The summed E-state index contributed by atoms with van der Waals surface area (Å²) in [5.74, 6) is -0.168. The smallest absolute Gasteiger partial charge is 0.251 e. The van der Waals surface area contributed by atoms with Crippen molar-refractivity contribution in [3.8, 4) is 0 Å². The van der Waals surface area contributed by atoms with E-state index in [1.807, 2.05) is 13.8 Å². The molecule has 2 aliphatic rings. The molecule has 0 aliphatic carbocycles. The molecule has 7 nitrogen and oxygen atoms in total. The summed E-state index contributed by atoms with van der Waals surface area (Å²) in [6.07, 6.45) is 3.19. The van der Waals surface area contributed by atoms with E-state index in [1.165, 1.54) is 29.3 Å². The van der Waals surface area contributed by atoms with Crippen molar-refractivity contribution in [2.24, 2.45) is 0 Å². The van der Waals surface area contributed by atoms with E-state index in [9.17, 15) is 13.2 Å². The molecule has 28 heavy (non-hydrogen) atoms. The number of hydrogen-bond donors (Lipinski definition) is 1. The Bertz CT molecular complexity index is 750. The van der Waals surface area contributed by atoms with Crippen LogP contribution in [-0.2, 0) is 14.8 Å². The molecule has 1 aromatic rings. The summed E-state index contributed by atoms with van der Waals surface area (Å²) >= 11 is 0. The van der Waals surface area contributed by atoms with Gasteiger partial charge in [-0.1, -0.05) is 0 Å². The second-order valence-electron chi connectivity index (χ2n) is 7.76. The van der Waals surface area contributed by atoms with Crippen LogP contribution in [0.4, 0.5) is 0 Å². The van der Waals surface area contributed by atoms with E-state index in [0.717, 1.165) is 26.1 Å². The quantitative estimate of drug-likeness (QED) is 0.694. The van der Waals surface area contributed by atoms with Gasteiger partial charge in [0.2, 0.25) is 10.0 Å². The summed E-state index contributed by atoms with van der Waals surface area (Å²) in [6.45, 7) is 8.37. The molecule has 2 aliphatic heterocycles. The maximum absolute atomic E-state index is 12.9. The number of nitrogens with one attached hydrogen (secondary N) is 1. The highest BCUT2D eigenvalue weighted by atomic mass is 32.2. The molecule has 1 aromatic carbocycles. The Morgan fingerprint density at radius 1 is 1.11 bits per heavy atom. The van der Waals surface area contributed by atoms with Gasteiger partial charge in [-0.2, -0.15) is 4.31 Å². The number of morpholine rings is 1. The molecule has 0 spiro atoms. The summed E-state index contributed by atoms with van der Waals surface area (Å²) < 4.78 is 32.8. The van der Waals surface area contributed by atoms with Gasteiger partial charge in [0, 0.05) is 25.2 Å². The second-order valence-corrected chi connectivity index (χ2v) is 9.70. The van der Waals surface area contributed by atoms with Crippen molar-refractivity contribution in [1.82, 2.24) is 14.5 Å². The second kappa shape index (κ2) is 9.35. The van der Waals surface area contributed by atoms with Gasteiger partial charge >= 0.3 is 0 Å². The van der Waals surface area contributed by atoms with Crippen LogP contribution in [0, 0.1) is 0 Å². The molecule has 0 saturated carbocycles. The highest BCUT2D eigenvalue weighted by Crippen LogP contribution is 2.21. The third kappa shape index (κ3) is 5.31. The molecular formula is C20H31N3O4S. The van der Waals surface area contributed by atoms with Crippen LogP contribution in [0.2, 0.25) is 0 Å². The molecule has 2 heterocycles. The molecule has 156 valence electrons. The first-order chi connectivity index (χ1) is 13.4. The van der Waals surface area contributed by atoms with Gasteiger partial charge in [0.25, 0.3) is 5.91 Å². The molecule has 0 unspecified atom stereocenters. The molecule has 2 fully saturated rings. The molecule has 2 atom stereocenters. The third-order valence-electron chi connectivity index (χ3n) is 5.28. The monoisotopic (exact) mass is 409 g/mol. The van der Waals surface area contributed by atoms with E-state index in [-0.39, 0.29) is 23.0 Å². The standard InChI is InChI=1S/C20H31N3O4S/c1-16-14-23(15-17(2)27-16)28(25,26)19-8-6-18(7-9-19)20(24)21-10-5-13-22-11-3-4-12-22/h6-9,16-17H,3-5,10-15H2,1-2H3,(H,21,24)/t16-,17-/m0/s1. The molecule has 0 radical (unpaired) electrons. The van der Waals surface area contributed by atoms with Crippen LogP contribution in [0.25, 0.3) is 0 Å². The van der Waals surface area contributed by atoms with Gasteiger partial charge in [0.1, 0.15) is 0 Å². The Morgan fingerprint density at radius 3 is 2.32 bits per heavy atom. The van der Waals surface area contributed by atoms with Gasteiger partial charge in [0.15, 0.2) is 0 Å². The first kappa shape index (κ1) is 21.2. The zero-order chi connectivity index (χ0) is 20.1. The lowest BCUT2D eigenvalue weighted by Crippen LogP contribution is -2.48. The topological polar surface area (TPSA) is 79.0 Å². The first-order valence-corrected chi connectivity index (χ1v) is 11.6. The van der Waals surface area contributed by atoms with Crippen molar-refractivity contribution in [2.75, 3.05) is 39.3 Å². The Balaban J connectivity index is 1.54. The highest BCUT2D eigenvalue weighted by Gasteiger charge is 2.32. The number of hydrogen-bond acceptors (Lipinski definition) is 5. The van der Waals surface area contributed by atoms with Crippen molar-refractivity contribution < 1.29 is 17.9 Å². The van der Waals surface area contributed by atoms with Crippen molar-refractivity contribution in [1.29, 1.82) is 0 Å². The van der Waals surface area contributed by atoms with Crippen LogP contribution in [0.3, 0.4) is 0 Å². The average Bonchev–Trinajstić information content (AvgIpc) is 3.18. The Hall–Kier alpha value is -1.48. The number of amides is 1. The van der Waals surface area contributed by atoms with Gasteiger partial charge < -0.3 is 15.0 Å². The van der Waals surface area contributed by atoms with Gasteiger partial charge in [-0.25, -0.2) is 8.42 Å². The van der Waals surface area contributed by atoms with E-state index < -0.39 is 10.0 Å². The lowest BCUT2D eigenvalue weighted by molar-refractivity contribution is -0.0440. The van der Waals surface area contributed by atoms with E-state index in [4.69, 9.17) is 4.74 Å². The number of benzene rings is 1. The zero-order valence-electron chi connectivity index (χ0n) is 16.8. The Labute approximate surface area is 168 Å². The van der Waals surface area contributed by atoms with Gasteiger partial charge in [-0.3, -0.25) is 4.79 Å². The van der Waals surface area contributed by atoms with Crippen LogP contribution in [0.5, 0.6) is 0 Å². The summed E-state index contributed by atoms with van der Waals surface area (Å²) in [7, 11) is -3.58. The number of nitrogens with zero attached hydrogens (tertiary/aromatic N) is 2. The van der Waals surface area contributed by atoms with Crippen LogP contribution < -0.4 is 5.32 Å². The number of carbonyl (C=O) groups excluding carboxylic acids is 1. The zero-order valence-corrected chi connectivity index (χ0v) is 17.6. The van der Waals surface area contributed by atoms with E-state index in [0.29, 0.717) is 25.2 Å². The Kier molecular flexibility index (Phi) is 7.09. The predicted molar refractivity (Wildman–Crippen MR) is 108 cm³/mol. The van der Waals surface area contributed by atoms with Gasteiger partial charge in [-0.15, -0.1) is 0 Å². The molecule has 2 saturated heterocycles. The third-order valence-corrected chi connectivity index (χ3v) is 7.12. The molecule has 0 bridgehead atoms. The summed E-state index contributed by atoms with van der Waals surface area (Å²) in [5.41, 5.74) is 0.476. The fourth-order valence-corrected chi connectivity index (χ4v) is 5.46. The molecule has 1 N–H and O–H groups in total. The van der Waals surface area contributed by atoms with Gasteiger partial charge in [-0.05, 0) is 77.0 Å². The van der Waals surface area contributed by atoms with E-state index >= 15 is 0 Å². The van der Waals surface area contributed by atoms with Crippen LogP contribution in [0.15, 0.2) is 29.2 Å². The maximum atomic E-state index is 12.9. The SMILES string of the molecule is C[C@H]1CN(S(=O)(=O)c2ccc(C(=O)NCCCN3CCCC3)cc2)C[C@H](C)O1. The lowest BCUT2D eigenvalue weighted by Gasteiger charge is -2.34. The van der Waals surface area contributed by atoms with Crippen molar-refractivity contribution in [3.63, 3.8) is 0 Å². The van der Waals surface area contributed by atoms with E-state index in [1.54, 1.807) is 12.1 Å². The minimum absolute atomic E-state index is 0.135. The van der Waals surface area contributed by atoms with Crippen LogP contribution >= 0.6 is 0 Å². The minimum atomic E-state index is -3.58. The first-order valence-electron chi connectivity index (χ1n) is 10.1. The number of carbonyl (C=O) groups is 1.